The minimum Gasteiger partial charge on any atom is -0.399 e. The number of benzene rings is 3. The molecule has 2 N–H and O–H groups in total. The Morgan fingerprint density at radius 3 is 2.30 bits per heavy atom. The van der Waals surface area contributed by atoms with Crippen LogP contribution in [0.5, 0.6) is 0 Å². The van der Waals surface area contributed by atoms with Gasteiger partial charge in [-0.1, -0.05) is 80.6 Å². The molecular formula is C28H30N4O. The summed E-state index contributed by atoms with van der Waals surface area (Å²) in [6, 6.07) is 25.5. The number of hydrogen-bond acceptors (Lipinski definition) is 3. The van der Waals surface area contributed by atoms with E-state index in [2.05, 4.69) is 6.07 Å². The highest BCUT2D eigenvalue weighted by Gasteiger charge is 2.32. The van der Waals surface area contributed by atoms with E-state index in [0.717, 1.165) is 34.6 Å². The molecule has 5 heteroatoms. The fourth-order valence-electron chi connectivity index (χ4n) is 4.92. The van der Waals surface area contributed by atoms with Crippen molar-refractivity contribution in [2.45, 2.75) is 45.1 Å². The van der Waals surface area contributed by atoms with E-state index in [1.807, 2.05) is 72.8 Å². The smallest absolute Gasteiger partial charge is 0.349 e. The molecule has 2 aliphatic rings. The van der Waals surface area contributed by atoms with Gasteiger partial charge < -0.3 is 5.73 Å². The Morgan fingerprint density at radius 1 is 0.848 bits per heavy atom. The average Bonchev–Trinajstić information content (AvgIpc) is 2.96. The number of nitrogens with two attached hydrogens (primary N) is 1. The molecule has 5 rings (SSSR count). The van der Waals surface area contributed by atoms with Gasteiger partial charge in [0.15, 0.2) is 0 Å². The SMILES string of the molecule is Nc1ccc(N2C(=O)N(Cc3ccccc3)N=C(CC3CCCCC3)c3ccccc32)cc1. The van der Waals surface area contributed by atoms with Gasteiger partial charge >= 0.3 is 6.03 Å². The number of fused-ring (bicyclic) bond motifs is 1. The highest BCUT2D eigenvalue weighted by molar-refractivity contribution is 6.13. The summed E-state index contributed by atoms with van der Waals surface area (Å²) in [5.74, 6) is 0.613. The monoisotopic (exact) mass is 438 g/mol. The third kappa shape index (κ3) is 4.63. The van der Waals surface area contributed by atoms with E-state index in [1.54, 1.807) is 9.91 Å². The Balaban J connectivity index is 1.60. The maximum atomic E-state index is 13.9. The van der Waals surface area contributed by atoms with E-state index in [9.17, 15) is 4.79 Å². The van der Waals surface area contributed by atoms with Crippen LogP contribution in [0.1, 0.15) is 49.7 Å². The summed E-state index contributed by atoms with van der Waals surface area (Å²) in [6.45, 7) is 0.424. The molecule has 0 radical (unpaired) electrons. The molecular weight excluding hydrogens is 408 g/mol. The van der Waals surface area contributed by atoms with Crippen molar-refractivity contribution in [3.8, 4) is 0 Å². The van der Waals surface area contributed by atoms with Gasteiger partial charge in [0.1, 0.15) is 0 Å². The first-order chi connectivity index (χ1) is 16.2. The predicted molar refractivity (Wildman–Crippen MR) is 135 cm³/mol. The predicted octanol–water partition coefficient (Wildman–Crippen LogP) is 6.72. The lowest BCUT2D eigenvalue weighted by molar-refractivity contribution is 0.207. The van der Waals surface area contributed by atoms with Crippen LogP contribution in [0.4, 0.5) is 21.9 Å². The molecule has 2 amide bonds. The van der Waals surface area contributed by atoms with Gasteiger partial charge in [-0.3, -0.25) is 4.90 Å². The van der Waals surface area contributed by atoms with Crippen molar-refractivity contribution in [2.75, 3.05) is 10.6 Å². The first-order valence-corrected chi connectivity index (χ1v) is 11.9. The van der Waals surface area contributed by atoms with Gasteiger partial charge in [0.2, 0.25) is 0 Å². The highest BCUT2D eigenvalue weighted by atomic mass is 16.2. The Morgan fingerprint density at radius 2 is 1.55 bits per heavy atom. The first kappa shape index (κ1) is 21.3. The lowest BCUT2D eigenvalue weighted by Gasteiger charge is -2.26. The molecule has 0 atom stereocenters. The quantitative estimate of drug-likeness (QED) is 0.450. The molecule has 1 saturated carbocycles. The van der Waals surface area contributed by atoms with Gasteiger partial charge in [0, 0.05) is 11.3 Å². The zero-order valence-electron chi connectivity index (χ0n) is 18.9. The molecule has 5 nitrogen and oxygen atoms in total. The van der Waals surface area contributed by atoms with Gasteiger partial charge in [-0.25, -0.2) is 9.80 Å². The molecule has 0 bridgehead atoms. The van der Waals surface area contributed by atoms with Crippen LogP contribution >= 0.6 is 0 Å². The molecule has 0 unspecified atom stereocenters. The van der Waals surface area contributed by atoms with E-state index >= 15 is 0 Å². The second-order valence-corrected chi connectivity index (χ2v) is 9.02. The van der Waals surface area contributed by atoms with Gasteiger partial charge in [-0.15, -0.1) is 0 Å². The summed E-state index contributed by atoms with van der Waals surface area (Å²) in [4.78, 5) is 15.7. The molecule has 33 heavy (non-hydrogen) atoms. The van der Waals surface area contributed by atoms with Crippen molar-refractivity contribution >= 4 is 28.8 Å². The number of hydrazone groups is 1. The van der Waals surface area contributed by atoms with Crippen LogP contribution < -0.4 is 10.6 Å². The lowest BCUT2D eigenvalue weighted by atomic mass is 9.84. The highest BCUT2D eigenvalue weighted by Crippen LogP contribution is 2.36. The summed E-state index contributed by atoms with van der Waals surface area (Å²) < 4.78 is 0. The normalized spacial score (nSPS) is 16.8. The molecule has 1 aliphatic heterocycles. The van der Waals surface area contributed by atoms with Crippen molar-refractivity contribution in [3.05, 3.63) is 90.0 Å². The number of carbonyl (C=O) groups is 1. The first-order valence-electron chi connectivity index (χ1n) is 11.9. The van der Waals surface area contributed by atoms with Gasteiger partial charge in [0.05, 0.1) is 23.6 Å². The van der Waals surface area contributed by atoms with E-state index in [1.165, 1.54) is 32.1 Å². The van der Waals surface area contributed by atoms with Gasteiger partial charge in [-0.2, -0.15) is 5.10 Å². The summed E-state index contributed by atoms with van der Waals surface area (Å²) in [7, 11) is 0. The molecule has 1 aliphatic carbocycles. The maximum Gasteiger partial charge on any atom is 0.349 e. The number of amides is 2. The lowest BCUT2D eigenvalue weighted by Crippen LogP contribution is -2.36. The molecule has 3 aromatic carbocycles. The van der Waals surface area contributed by atoms with E-state index < -0.39 is 0 Å². The van der Waals surface area contributed by atoms with Crippen molar-refractivity contribution < 1.29 is 4.79 Å². The fraction of sp³-hybridized carbons (Fsp3) is 0.286. The summed E-state index contributed by atoms with van der Waals surface area (Å²) in [5.41, 5.74) is 11.3. The van der Waals surface area contributed by atoms with Crippen LogP contribution in [0.25, 0.3) is 0 Å². The summed E-state index contributed by atoms with van der Waals surface area (Å²) >= 11 is 0. The van der Waals surface area contributed by atoms with Crippen LogP contribution in [0, 0.1) is 5.92 Å². The minimum absolute atomic E-state index is 0.158. The van der Waals surface area contributed by atoms with Crippen LogP contribution in [0.3, 0.4) is 0 Å². The second-order valence-electron chi connectivity index (χ2n) is 9.02. The number of anilines is 3. The van der Waals surface area contributed by atoms with Crippen molar-refractivity contribution in [2.24, 2.45) is 11.0 Å². The van der Waals surface area contributed by atoms with Crippen LogP contribution in [0.2, 0.25) is 0 Å². The number of carbonyl (C=O) groups excluding carboxylic acids is 1. The number of para-hydroxylation sites is 1. The molecule has 0 aromatic heterocycles. The van der Waals surface area contributed by atoms with Crippen molar-refractivity contribution in [1.29, 1.82) is 0 Å². The van der Waals surface area contributed by atoms with Gasteiger partial charge in [0.25, 0.3) is 0 Å². The summed E-state index contributed by atoms with van der Waals surface area (Å²) in [6.07, 6.45) is 7.24. The summed E-state index contributed by atoms with van der Waals surface area (Å²) in [5, 5.41) is 6.64. The third-order valence-electron chi connectivity index (χ3n) is 6.64. The fourth-order valence-corrected chi connectivity index (χ4v) is 4.92. The zero-order valence-corrected chi connectivity index (χ0v) is 18.9. The number of hydrogen-bond donors (Lipinski definition) is 1. The van der Waals surface area contributed by atoms with Crippen LogP contribution in [-0.4, -0.2) is 16.8 Å². The Bertz CT molecular complexity index is 1130. The number of rotatable bonds is 5. The molecule has 1 heterocycles. The Hall–Kier alpha value is -3.60. The van der Waals surface area contributed by atoms with E-state index in [4.69, 9.17) is 10.8 Å². The standard InChI is InChI=1S/C28H30N4O/c29-23-15-17-24(18-16-23)32-27-14-8-7-13-25(27)26(19-21-9-3-1-4-10-21)30-31(28(32)33)20-22-11-5-2-6-12-22/h2,5-8,11-18,21H,1,3-4,9-10,19-20,29H2. The number of urea groups is 1. The average molecular weight is 439 g/mol. The molecule has 3 aromatic rings. The van der Waals surface area contributed by atoms with Crippen LogP contribution in [0.15, 0.2) is 84.0 Å². The number of nitrogen functional groups attached to an aromatic ring is 1. The van der Waals surface area contributed by atoms with E-state index in [0.29, 0.717) is 18.2 Å². The minimum atomic E-state index is -0.158. The van der Waals surface area contributed by atoms with Crippen LogP contribution in [-0.2, 0) is 6.54 Å². The Kier molecular flexibility index (Phi) is 6.11. The molecule has 0 spiro atoms. The maximum absolute atomic E-state index is 13.9. The molecule has 0 saturated heterocycles. The van der Waals surface area contributed by atoms with Crippen molar-refractivity contribution in [1.82, 2.24) is 5.01 Å². The zero-order chi connectivity index (χ0) is 22.6. The molecule has 1 fully saturated rings. The third-order valence-corrected chi connectivity index (χ3v) is 6.64. The second kappa shape index (κ2) is 9.49. The molecule has 168 valence electrons. The van der Waals surface area contributed by atoms with Crippen molar-refractivity contribution in [3.63, 3.8) is 0 Å². The van der Waals surface area contributed by atoms with E-state index in [-0.39, 0.29) is 6.03 Å². The number of nitrogens with zero attached hydrogens (tertiary/aromatic N) is 3. The van der Waals surface area contributed by atoms with Gasteiger partial charge in [-0.05, 0) is 48.2 Å². The largest absolute Gasteiger partial charge is 0.399 e. The Labute approximate surface area is 195 Å². The topological polar surface area (TPSA) is 61.9 Å².